The lowest BCUT2D eigenvalue weighted by Gasteiger charge is -2.34. The van der Waals surface area contributed by atoms with E-state index in [2.05, 4.69) is 5.32 Å². The molecule has 0 aromatic heterocycles. The molecule has 0 spiro atoms. The highest BCUT2D eigenvalue weighted by atomic mass is 32.2. The molecule has 138 valence electrons. The zero-order valence-corrected chi connectivity index (χ0v) is 16.1. The van der Waals surface area contributed by atoms with Crippen LogP contribution in [0.3, 0.4) is 0 Å². The third-order valence-electron chi connectivity index (χ3n) is 4.33. The first kappa shape index (κ1) is 18.3. The average Bonchev–Trinajstić information content (AvgIpc) is 2.56. The molecule has 1 amide bonds. The van der Waals surface area contributed by atoms with Crippen LogP contribution in [0.2, 0.25) is 0 Å². The van der Waals surface area contributed by atoms with E-state index in [1.807, 2.05) is 45.0 Å². The number of anilines is 2. The maximum Gasteiger partial charge on any atom is 0.267 e. The van der Waals surface area contributed by atoms with Crippen LogP contribution in [0.5, 0.6) is 5.75 Å². The van der Waals surface area contributed by atoms with E-state index in [-0.39, 0.29) is 12.5 Å². The van der Waals surface area contributed by atoms with Gasteiger partial charge < -0.3 is 10.1 Å². The van der Waals surface area contributed by atoms with E-state index in [9.17, 15) is 13.2 Å². The summed E-state index contributed by atoms with van der Waals surface area (Å²) < 4.78 is 31.5. The molecule has 1 aliphatic rings. The average molecular weight is 374 g/mol. The molecule has 0 saturated carbocycles. The van der Waals surface area contributed by atoms with E-state index in [1.54, 1.807) is 12.1 Å². The molecule has 1 heterocycles. The Labute approximate surface area is 153 Å². The zero-order chi connectivity index (χ0) is 19.1. The number of carbonyl (C=O) groups is 1. The predicted octanol–water partition coefficient (Wildman–Crippen LogP) is 2.78. The Bertz CT molecular complexity index is 969. The maximum absolute atomic E-state index is 12.7. The summed E-state index contributed by atoms with van der Waals surface area (Å²) in [5.74, 6) is 0.00645. The first-order chi connectivity index (χ1) is 12.1. The summed E-state index contributed by atoms with van der Waals surface area (Å²) in [4.78, 5) is 12.7. The van der Waals surface area contributed by atoms with Gasteiger partial charge in [0.25, 0.3) is 5.91 Å². The highest BCUT2D eigenvalue weighted by Crippen LogP contribution is 2.36. The molecule has 3 rings (SSSR count). The van der Waals surface area contributed by atoms with Crippen molar-refractivity contribution < 1.29 is 17.9 Å². The fourth-order valence-corrected chi connectivity index (χ4v) is 3.80. The molecular formula is C19H22N2O4S. The van der Waals surface area contributed by atoms with E-state index in [0.717, 1.165) is 22.9 Å². The van der Waals surface area contributed by atoms with Crippen LogP contribution in [0.1, 0.15) is 16.7 Å². The molecule has 0 fully saturated rings. The van der Waals surface area contributed by atoms with Crippen LogP contribution in [-0.4, -0.2) is 33.2 Å². The molecule has 6 nitrogen and oxygen atoms in total. The second kappa shape index (κ2) is 6.64. The van der Waals surface area contributed by atoms with Crippen LogP contribution in [0.25, 0.3) is 0 Å². The number of rotatable bonds is 3. The summed E-state index contributed by atoms with van der Waals surface area (Å²) in [7, 11) is -3.54. The quantitative estimate of drug-likeness (QED) is 0.896. The number of benzene rings is 2. The number of ether oxygens (including phenoxy) is 1. The third kappa shape index (κ3) is 3.67. The van der Waals surface area contributed by atoms with Gasteiger partial charge in [0.15, 0.2) is 6.10 Å². The van der Waals surface area contributed by atoms with Gasteiger partial charge in [-0.3, -0.25) is 9.10 Å². The molecule has 1 atom stereocenters. The summed E-state index contributed by atoms with van der Waals surface area (Å²) in [6.07, 6.45) is 0.198. The summed E-state index contributed by atoms with van der Waals surface area (Å²) >= 11 is 0. The zero-order valence-electron chi connectivity index (χ0n) is 15.2. The Morgan fingerprint density at radius 1 is 1.12 bits per heavy atom. The first-order valence-electron chi connectivity index (χ1n) is 8.28. The molecule has 0 radical (unpaired) electrons. The van der Waals surface area contributed by atoms with E-state index in [4.69, 9.17) is 4.74 Å². The summed E-state index contributed by atoms with van der Waals surface area (Å²) in [5.41, 5.74) is 4.02. The van der Waals surface area contributed by atoms with Crippen molar-refractivity contribution in [3.8, 4) is 5.75 Å². The maximum atomic E-state index is 12.7. The van der Waals surface area contributed by atoms with Gasteiger partial charge >= 0.3 is 0 Å². The number of nitrogens with one attached hydrogen (secondary N) is 1. The van der Waals surface area contributed by atoms with Gasteiger partial charge in [-0.2, -0.15) is 0 Å². The Morgan fingerprint density at radius 3 is 2.46 bits per heavy atom. The lowest BCUT2D eigenvalue weighted by molar-refractivity contribution is -0.122. The minimum Gasteiger partial charge on any atom is -0.476 e. The van der Waals surface area contributed by atoms with Crippen LogP contribution in [-0.2, 0) is 14.8 Å². The Hall–Kier alpha value is -2.54. The number of amides is 1. The van der Waals surface area contributed by atoms with Gasteiger partial charge in [0.2, 0.25) is 10.0 Å². The van der Waals surface area contributed by atoms with Gasteiger partial charge in [-0.05, 0) is 55.7 Å². The third-order valence-corrected chi connectivity index (χ3v) is 5.47. The van der Waals surface area contributed by atoms with Crippen molar-refractivity contribution in [2.75, 3.05) is 22.4 Å². The van der Waals surface area contributed by atoms with E-state index < -0.39 is 16.1 Å². The van der Waals surface area contributed by atoms with Gasteiger partial charge in [-0.1, -0.05) is 18.2 Å². The number of sulfonamides is 1. The number of hydrogen-bond donors (Lipinski definition) is 1. The lowest BCUT2D eigenvalue weighted by atomic mass is 10.1. The largest absolute Gasteiger partial charge is 0.476 e. The molecule has 2 aromatic rings. The van der Waals surface area contributed by atoms with Crippen molar-refractivity contribution in [2.24, 2.45) is 0 Å². The monoisotopic (exact) mass is 374 g/mol. The molecule has 7 heteroatoms. The molecule has 26 heavy (non-hydrogen) atoms. The van der Waals surface area contributed by atoms with Crippen molar-refractivity contribution >= 4 is 27.3 Å². The van der Waals surface area contributed by atoms with Crippen LogP contribution < -0.4 is 14.4 Å². The molecule has 2 aromatic carbocycles. The first-order valence-corrected chi connectivity index (χ1v) is 10.1. The van der Waals surface area contributed by atoms with Crippen molar-refractivity contribution in [1.82, 2.24) is 0 Å². The summed E-state index contributed by atoms with van der Waals surface area (Å²) in [6.45, 7) is 5.65. The molecular weight excluding hydrogens is 352 g/mol. The van der Waals surface area contributed by atoms with Gasteiger partial charge in [0, 0.05) is 5.69 Å². The Morgan fingerprint density at radius 2 is 1.77 bits per heavy atom. The molecule has 0 bridgehead atoms. The fraction of sp³-hybridized carbons (Fsp3) is 0.316. The van der Waals surface area contributed by atoms with E-state index in [1.165, 1.54) is 4.31 Å². The normalized spacial score (nSPS) is 16.6. The minimum absolute atomic E-state index is 0.0635. The highest BCUT2D eigenvalue weighted by molar-refractivity contribution is 7.92. The predicted molar refractivity (Wildman–Crippen MR) is 102 cm³/mol. The number of aryl methyl sites for hydroxylation is 3. The standard InChI is InChI=1S/C19H22N2O4S/c1-12-5-7-14(3)15(9-12)20-19(22)18-11-21(26(4,23)24)16-10-13(2)6-8-17(16)25-18/h5-10,18H,11H2,1-4H3,(H,20,22)/t18-/m1/s1. The second-order valence-corrected chi connectivity index (χ2v) is 8.59. The SMILES string of the molecule is Cc1ccc(C)c(NC(=O)[C@H]2CN(S(C)(=O)=O)c3cc(C)ccc3O2)c1. The molecule has 1 aliphatic heterocycles. The topological polar surface area (TPSA) is 75.7 Å². The van der Waals surface area contributed by atoms with E-state index >= 15 is 0 Å². The van der Waals surface area contributed by atoms with Gasteiger partial charge in [-0.25, -0.2) is 8.42 Å². The number of fused-ring (bicyclic) bond motifs is 1. The van der Waals surface area contributed by atoms with E-state index in [0.29, 0.717) is 17.1 Å². The van der Waals surface area contributed by atoms with Gasteiger partial charge in [-0.15, -0.1) is 0 Å². The lowest BCUT2D eigenvalue weighted by Crippen LogP contribution is -2.48. The van der Waals surface area contributed by atoms with Gasteiger partial charge in [0.1, 0.15) is 5.75 Å². The van der Waals surface area contributed by atoms with Crippen LogP contribution >= 0.6 is 0 Å². The highest BCUT2D eigenvalue weighted by Gasteiger charge is 2.35. The smallest absolute Gasteiger partial charge is 0.267 e. The Balaban J connectivity index is 1.91. The molecule has 0 unspecified atom stereocenters. The summed E-state index contributed by atoms with van der Waals surface area (Å²) in [6, 6.07) is 11.0. The second-order valence-electron chi connectivity index (χ2n) is 6.68. The number of hydrogen-bond acceptors (Lipinski definition) is 4. The summed E-state index contributed by atoms with van der Waals surface area (Å²) in [5, 5.41) is 2.85. The van der Waals surface area contributed by atoms with Crippen molar-refractivity contribution in [1.29, 1.82) is 0 Å². The van der Waals surface area contributed by atoms with Crippen molar-refractivity contribution in [3.05, 3.63) is 53.1 Å². The van der Waals surface area contributed by atoms with Crippen molar-refractivity contribution in [2.45, 2.75) is 26.9 Å². The Kier molecular flexibility index (Phi) is 4.66. The van der Waals surface area contributed by atoms with Crippen LogP contribution in [0.4, 0.5) is 11.4 Å². The van der Waals surface area contributed by atoms with Crippen LogP contribution in [0, 0.1) is 20.8 Å². The molecule has 1 N–H and O–H groups in total. The van der Waals surface area contributed by atoms with Crippen LogP contribution in [0.15, 0.2) is 36.4 Å². The molecule has 0 aliphatic carbocycles. The fourth-order valence-electron chi connectivity index (χ4n) is 2.90. The molecule has 0 saturated heterocycles. The number of nitrogens with zero attached hydrogens (tertiary/aromatic N) is 1. The van der Waals surface area contributed by atoms with Gasteiger partial charge in [0.05, 0.1) is 18.5 Å². The van der Waals surface area contributed by atoms with Crippen molar-refractivity contribution in [3.63, 3.8) is 0 Å². The minimum atomic E-state index is -3.54. The number of carbonyl (C=O) groups excluding carboxylic acids is 1.